The van der Waals surface area contributed by atoms with E-state index in [4.69, 9.17) is 27.9 Å². The smallest absolute Gasteiger partial charge is 0.422 e. The number of anilines is 1. The number of hydrogen-bond donors (Lipinski definition) is 2. The first-order valence-corrected chi connectivity index (χ1v) is 9.59. The molecule has 0 aromatic heterocycles. The van der Waals surface area contributed by atoms with Crippen LogP contribution in [0.5, 0.6) is 5.75 Å². The third kappa shape index (κ3) is 6.81. The normalized spacial score (nSPS) is 12.4. The van der Waals surface area contributed by atoms with Crippen molar-refractivity contribution in [2.24, 2.45) is 5.92 Å². The minimum atomic E-state index is -4.55. The highest BCUT2D eigenvalue weighted by Gasteiger charge is 2.30. The van der Waals surface area contributed by atoms with E-state index >= 15 is 0 Å². The Bertz CT molecular complexity index is 920. The average molecular weight is 463 g/mol. The predicted octanol–water partition coefficient (Wildman–Crippen LogP) is 5.33. The average Bonchev–Trinajstić information content (AvgIpc) is 2.64. The van der Waals surface area contributed by atoms with E-state index in [1.54, 1.807) is 26.0 Å². The molecule has 2 N–H and O–H groups in total. The van der Waals surface area contributed by atoms with Crippen molar-refractivity contribution in [3.05, 3.63) is 58.1 Å². The molecule has 0 heterocycles. The second-order valence-electron chi connectivity index (χ2n) is 6.71. The molecule has 0 aliphatic carbocycles. The van der Waals surface area contributed by atoms with E-state index in [2.05, 4.69) is 10.6 Å². The second-order valence-corrected chi connectivity index (χ2v) is 7.55. The molecule has 0 radical (unpaired) electrons. The molecule has 10 heteroatoms. The van der Waals surface area contributed by atoms with Crippen LogP contribution in [0.25, 0.3) is 0 Å². The van der Waals surface area contributed by atoms with Gasteiger partial charge in [0, 0.05) is 5.02 Å². The molecule has 2 amide bonds. The first-order chi connectivity index (χ1) is 14.0. The van der Waals surface area contributed by atoms with Gasteiger partial charge in [-0.2, -0.15) is 13.2 Å². The standard InChI is InChI=1S/C20H19Cl2F3N2O3/c1-11(2)17(27-18(28)13-5-3-4-6-14(13)22)19(29)26-15-9-12(21)7-8-16(15)30-10-20(23,24)25/h3-9,11,17H,10H2,1-2H3,(H,26,29)(H,27,28). The van der Waals surface area contributed by atoms with E-state index in [1.807, 2.05) is 0 Å². The third-order valence-corrected chi connectivity index (χ3v) is 4.51. The fraction of sp³-hybridized carbons (Fsp3) is 0.300. The first kappa shape index (κ1) is 23.8. The highest BCUT2D eigenvalue weighted by molar-refractivity contribution is 6.34. The van der Waals surface area contributed by atoms with Crippen molar-refractivity contribution < 1.29 is 27.5 Å². The molecule has 0 bridgehead atoms. The Morgan fingerprint density at radius 1 is 1.10 bits per heavy atom. The van der Waals surface area contributed by atoms with Crippen LogP contribution in [0.2, 0.25) is 10.0 Å². The summed E-state index contributed by atoms with van der Waals surface area (Å²) in [5.41, 5.74) is 0.143. The van der Waals surface area contributed by atoms with Crippen molar-refractivity contribution in [3.8, 4) is 5.75 Å². The zero-order valence-corrected chi connectivity index (χ0v) is 17.5. The topological polar surface area (TPSA) is 67.4 Å². The van der Waals surface area contributed by atoms with Gasteiger partial charge in [-0.25, -0.2) is 0 Å². The summed E-state index contributed by atoms with van der Waals surface area (Å²) < 4.78 is 42.2. The first-order valence-electron chi connectivity index (χ1n) is 8.83. The fourth-order valence-corrected chi connectivity index (χ4v) is 2.89. The number of hydrogen-bond acceptors (Lipinski definition) is 3. The Hall–Kier alpha value is -2.45. The van der Waals surface area contributed by atoms with Crippen LogP contribution in [-0.4, -0.2) is 30.6 Å². The summed E-state index contributed by atoms with van der Waals surface area (Å²) in [6.07, 6.45) is -4.55. The minimum absolute atomic E-state index is 0.0469. The molecule has 2 aromatic carbocycles. The number of carbonyl (C=O) groups excluding carboxylic acids is 2. The van der Waals surface area contributed by atoms with Crippen molar-refractivity contribution >= 4 is 40.7 Å². The van der Waals surface area contributed by atoms with E-state index in [1.165, 1.54) is 30.3 Å². The lowest BCUT2D eigenvalue weighted by Gasteiger charge is -2.23. The maximum absolute atomic E-state index is 12.8. The predicted molar refractivity (Wildman–Crippen MR) is 109 cm³/mol. The van der Waals surface area contributed by atoms with Gasteiger partial charge in [0.05, 0.1) is 16.3 Å². The van der Waals surface area contributed by atoms with Crippen LogP contribution < -0.4 is 15.4 Å². The van der Waals surface area contributed by atoms with Gasteiger partial charge in [0.1, 0.15) is 11.8 Å². The summed E-state index contributed by atoms with van der Waals surface area (Å²) in [4.78, 5) is 25.3. The lowest BCUT2D eigenvalue weighted by Crippen LogP contribution is -2.47. The number of rotatable bonds is 7. The summed E-state index contributed by atoms with van der Waals surface area (Å²) >= 11 is 11.9. The molecule has 30 heavy (non-hydrogen) atoms. The largest absolute Gasteiger partial charge is 0.482 e. The number of halogens is 5. The van der Waals surface area contributed by atoms with E-state index in [0.717, 1.165) is 0 Å². The molecule has 1 atom stereocenters. The van der Waals surface area contributed by atoms with Gasteiger partial charge in [0.15, 0.2) is 6.61 Å². The maximum atomic E-state index is 12.8. The van der Waals surface area contributed by atoms with Gasteiger partial charge in [-0.05, 0) is 36.2 Å². The Morgan fingerprint density at radius 2 is 1.77 bits per heavy atom. The number of carbonyl (C=O) groups is 2. The Balaban J connectivity index is 2.20. The molecule has 0 aliphatic heterocycles. The van der Waals surface area contributed by atoms with E-state index in [-0.39, 0.29) is 33.0 Å². The van der Waals surface area contributed by atoms with E-state index in [9.17, 15) is 22.8 Å². The molecule has 5 nitrogen and oxygen atoms in total. The number of nitrogens with one attached hydrogen (secondary N) is 2. The van der Waals surface area contributed by atoms with Crippen molar-refractivity contribution in [2.75, 3.05) is 11.9 Å². The lowest BCUT2D eigenvalue weighted by atomic mass is 10.0. The number of benzene rings is 2. The molecule has 0 spiro atoms. The van der Waals surface area contributed by atoms with Crippen molar-refractivity contribution in [1.82, 2.24) is 5.32 Å². The molecule has 0 aliphatic rings. The summed E-state index contributed by atoms with van der Waals surface area (Å²) in [7, 11) is 0. The van der Waals surface area contributed by atoms with Crippen LogP contribution in [0.3, 0.4) is 0 Å². The molecule has 2 aromatic rings. The molecular formula is C20H19Cl2F3N2O3. The van der Waals surface area contributed by atoms with Gasteiger partial charge in [0.25, 0.3) is 5.91 Å². The summed E-state index contributed by atoms with van der Waals surface area (Å²) in [6, 6.07) is 9.15. The fourth-order valence-electron chi connectivity index (χ4n) is 2.50. The maximum Gasteiger partial charge on any atom is 0.422 e. The highest BCUT2D eigenvalue weighted by atomic mass is 35.5. The zero-order chi connectivity index (χ0) is 22.5. The minimum Gasteiger partial charge on any atom is -0.482 e. The monoisotopic (exact) mass is 462 g/mol. The molecule has 0 saturated carbocycles. The summed E-state index contributed by atoms with van der Waals surface area (Å²) in [5.74, 6) is -1.75. The van der Waals surface area contributed by atoms with Crippen LogP contribution >= 0.6 is 23.2 Å². The van der Waals surface area contributed by atoms with Gasteiger partial charge in [-0.3, -0.25) is 9.59 Å². The number of ether oxygens (including phenoxy) is 1. The van der Waals surface area contributed by atoms with Gasteiger partial charge in [0.2, 0.25) is 5.91 Å². The molecule has 1 unspecified atom stereocenters. The number of amides is 2. The Kier molecular flexibility index (Phi) is 7.97. The van der Waals surface area contributed by atoms with Crippen LogP contribution in [0.4, 0.5) is 18.9 Å². The van der Waals surface area contributed by atoms with Crippen LogP contribution in [0, 0.1) is 5.92 Å². The quantitative estimate of drug-likeness (QED) is 0.584. The summed E-state index contributed by atoms with van der Waals surface area (Å²) in [5, 5.41) is 5.48. The van der Waals surface area contributed by atoms with Gasteiger partial charge in [-0.15, -0.1) is 0 Å². The van der Waals surface area contributed by atoms with Crippen molar-refractivity contribution in [2.45, 2.75) is 26.1 Å². The van der Waals surface area contributed by atoms with Gasteiger partial charge < -0.3 is 15.4 Å². The van der Waals surface area contributed by atoms with Crippen LogP contribution in [-0.2, 0) is 4.79 Å². The molecule has 0 fully saturated rings. The van der Waals surface area contributed by atoms with Gasteiger partial charge >= 0.3 is 6.18 Å². The van der Waals surface area contributed by atoms with Crippen molar-refractivity contribution in [1.29, 1.82) is 0 Å². The molecular weight excluding hydrogens is 444 g/mol. The third-order valence-electron chi connectivity index (χ3n) is 3.95. The van der Waals surface area contributed by atoms with E-state index in [0.29, 0.717) is 0 Å². The molecule has 162 valence electrons. The van der Waals surface area contributed by atoms with Gasteiger partial charge in [-0.1, -0.05) is 49.2 Å². The SMILES string of the molecule is CC(C)C(NC(=O)c1ccccc1Cl)C(=O)Nc1cc(Cl)ccc1OCC(F)(F)F. The molecule has 0 saturated heterocycles. The molecule has 2 rings (SSSR count). The van der Waals surface area contributed by atoms with E-state index < -0.39 is 30.6 Å². The number of alkyl halides is 3. The van der Waals surface area contributed by atoms with Crippen LogP contribution in [0.15, 0.2) is 42.5 Å². The summed E-state index contributed by atoms with van der Waals surface area (Å²) in [6.45, 7) is 1.88. The highest BCUT2D eigenvalue weighted by Crippen LogP contribution is 2.30. The van der Waals surface area contributed by atoms with Crippen LogP contribution in [0.1, 0.15) is 24.2 Å². The van der Waals surface area contributed by atoms with Crippen molar-refractivity contribution in [3.63, 3.8) is 0 Å². The Labute approximate surface area is 181 Å². The Morgan fingerprint density at radius 3 is 2.37 bits per heavy atom. The lowest BCUT2D eigenvalue weighted by molar-refractivity contribution is -0.153. The second kappa shape index (κ2) is 10.0. The zero-order valence-electron chi connectivity index (χ0n) is 16.0.